The maximum absolute atomic E-state index is 13.3. The molecule has 6 rings (SSSR count). The molecule has 1 saturated carbocycles. The van der Waals surface area contributed by atoms with Gasteiger partial charge in [-0.25, -0.2) is 18.4 Å². The zero-order chi connectivity index (χ0) is 24.5. The predicted molar refractivity (Wildman–Crippen MR) is 137 cm³/mol. The Morgan fingerprint density at radius 3 is 2.74 bits per heavy atom. The number of hydrogen-bond donors (Lipinski definition) is 2. The van der Waals surface area contributed by atoms with Crippen LogP contribution in [-0.4, -0.2) is 46.5 Å². The maximum Gasteiger partial charge on any atom is 0.256 e. The highest BCUT2D eigenvalue weighted by molar-refractivity contribution is 7.90. The van der Waals surface area contributed by atoms with Gasteiger partial charge in [-0.2, -0.15) is 0 Å². The number of aryl methyl sites for hydroxylation is 1. The molecule has 1 aliphatic carbocycles. The average molecular weight is 508 g/mol. The first-order valence-electron chi connectivity index (χ1n) is 11.6. The molecule has 10 heteroatoms. The Morgan fingerprint density at radius 1 is 1.20 bits per heavy atom. The molecule has 1 atom stereocenters. The third-order valence-corrected chi connectivity index (χ3v) is 9.14. The number of amides is 1. The summed E-state index contributed by atoms with van der Waals surface area (Å²) in [5, 5.41) is 4.95. The molecule has 0 saturated heterocycles. The van der Waals surface area contributed by atoms with Crippen LogP contribution < -0.4 is 5.32 Å². The topological polar surface area (TPSA) is 108 Å². The van der Waals surface area contributed by atoms with Crippen LogP contribution in [0.5, 0.6) is 0 Å². The molecule has 3 aromatic heterocycles. The molecule has 1 amide bonds. The number of fused-ring (bicyclic) bond motifs is 2. The van der Waals surface area contributed by atoms with Crippen LogP contribution in [0.2, 0.25) is 0 Å². The van der Waals surface area contributed by atoms with E-state index in [4.69, 9.17) is 0 Å². The lowest BCUT2D eigenvalue weighted by Crippen LogP contribution is -2.35. The van der Waals surface area contributed by atoms with E-state index in [-0.39, 0.29) is 16.8 Å². The number of hydrogen-bond acceptors (Lipinski definition) is 7. The lowest BCUT2D eigenvalue weighted by Gasteiger charge is -2.24. The summed E-state index contributed by atoms with van der Waals surface area (Å²) in [6.45, 7) is 4.40. The van der Waals surface area contributed by atoms with E-state index in [2.05, 4.69) is 27.2 Å². The van der Waals surface area contributed by atoms with Crippen LogP contribution in [0.15, 0.2) is 41.4 Å². The maximum atomic E-state index is 13.3. The number of rotatable bonds is 6. The van der Waals surface area contributed by atoms with Crippen LogP contribution in [0.1, 0.15) is 41.4 Å². The van der Waals surface area contributed by atoms with E-state index >= 15 is 0 Å². The first-order chi connectivity index (χ1) is 16.7. The smallest absolute Gasteiger partial charge is 0.256 e. The minimum absolute atomic E-state index is 0.0988. The van der Waals surface area contributed by atoms with E-state index in [1.807, 2.05) is 42.3 Å². The van der Waals surface area contributed by atoms with E-state index < -0.39 is 9.84 Å². The van der Waals surface area contributed by atoms with Gasteiger partial charge < -0.3 is 15.2 Å². The molecule has 0 bridgehead atoms. The van der Waals surface area contributed by atoms with Gasteiger partial charge in [-0.05, 0) is 74.1 Å². The molecular weight excluding hydrogens is 482 g/mol. The highest BCUT2D eigenvalue weighted by Crippen LogP contribution is 2.42. The fraction of sp³-hybridized carbons (Fsp3) is 0.320. The standard InChI is InChI=1S/C25H25N5O3S2/c1-13-22(34-25(27-13)29-20-7-6-16-8-9-26-23(16)28-20)17-10-18-12-30(14(2)15-4-5-15)24(31)21(18)19(11-17)35(3,32)33/h6-11,14-15H,4-5,12H2,1-3H3,(H2,26,27,28,29)/t14-/m0/s1. The van der Waals surface area contributed by atoms with Crippen molar-refractivity contribution in [2.75, 3.05) is 11.6 Å². The van der Waals surface area contributed by atoms with Gasteiger partial charge in [-0.15, -0.1) is 0 Å². The molecule has 2 N–H and O–H groups in total. The van der Waals surface area contributed by atoms with Crippen molar-refractivity contribution in [2.24, 2.45) is 5.92 Å². The second kappa shape index (κ2) is 7.89. The van der Waals surface area contributed by atoms with Crippen LogP contribution in [0, 0.1) is 12.8 Å². The minimum Gasteiger partial charge on any atom is -0.346 e. The third-order valence-electron chi connectivity index (χ3n) is 6.90. The molecule has 0 unspecified atom stereocenters. The highest BCUT2D eigenvalue weighted by Gasteiger charge is 2.41. The zero-order valence-corrected chi connectivity index (χ0v) is 21.3. The Morgan fingerprint density at radius 2 is 2.00 bits per heavy atom. The molecule has 0 radical (unpaired) electrons. The Labute approximate surface area is 207 Å². The molecular formula is C25H25N5O3S2. The lowest BCUT2D eigenvalue weighted by atomic mass is 10.0. The van der Waals surface area contributed by atoms with Crippen molar-refractivity contribution in [1.29, 1.82) is 0 Å². The first kappa shape index (κ1) is 22.2. The molecule has 1 aliphatic heterocycles. The van der Waals surface area contributed by atoms with Crippen molar-refractivity contribution in [2.45, 2.75) is 44.2 Å². The molecule has 8 nitrogen and oxygen atoms in total. The fourth-order valence-corrected chi connectivity index (χ4v) is 6.74. The summed E-state index contributed by atoms with van der Waals surface area (Å²) >= 11 is 1.44. The summed E-state index contributed by atoms with van der Waals surface area (Å²) in [6, 6.07) is 9.52. The number of pyridine rings is 1. The van der Waals surface area contributed by atoms with Gasteiger partial charge >= 0.3 is 0 Å². The van der Waals surface area contributed by atoms with Crippen molar-refractivity contribution < 1.29 is 13.2 Å². The number of carbonyl (C=O) groups excluding carboxylic acids is 1. The number of aromatic nitrogens is 3. The lowest BCUT2D eigenvalue weighted by molar-refractivity contribution is 0.0694. The predicted octanol–water partition coefficient (Wildman–Crippen LogP) is 4.90. The Hall–Kier alpha value is -3.24. The summed E-state index contributed by atoms with van der Waals surface area (Å²) in [7, 11) is -3.61. The van der Waals surface area contributed by atoms with Crippen molar-refractivity contribution in [3.63, 3.8) is 0 Å². The Bertz CT molecular complexity index is 1600. The number of carbonyl (C=O) groups is 1. The van der Waals surface area contributed by atoms with Gasteiger partial charge in [0.1, 0.15) is 11.5 Å². The molecule has 1 fully saturated rings. The Kier molecular flexibility index (Phi) is 5.01. The van der Waals surface area contributed by atoms with Crippen molar-refractivity contribution in [3.05, 3.63) is 53.3 Å². The Balaban J connectivity index is 1.38. The molecule has 180 valence electrons. The number of thiazole rings is 1. The van der Waals surface area contributed by atoms with Gasteiger partial charge in [0.05, 0.1) is 21.0 Å². The third kappa shape index (κ3) is 3.90. The second-order valence-corrected chi connectivity index (χ2v) is 12.4. The molecule has 1 aromatic carbocycles. The van der Waals surface area contributed by atoms with Crippen LogP contribution in [-0.2, 0) is 16.4 Å². The average Bonchev–Trinajstić information content (AvgIpc) is 3.31. The first-order valence-corrected chi connectivity index (χ1v) is 14.3. The quantitative estimate of drug-likeness (QED) is 0.384. The van der Waals surface area contributed by atoms with Gasteiger partial charge in [-0.3, -0.25) is 4.79 Å². The van der Waals surface area contributed by atoms with E-state index in [9.17, 15) is 13.2 Å². The van der Waals surface area contributed by atoms with Crippen molar-refractivity contribution >= 4 is 49.1 Å². The minimum atomic E-state index is -3.61. The van der Waals surface area contributed by atoms with E-state index in [1.165, 1.54) is 17.6 Å². The number of aromatic amines is 1. The zero-order valence-electron chi connectivity index (χ0n) is 19.6. The number of nitrogens with one attached hydrogen (secondary N) is 2. The van der Waals surface area contributed by atoms with Crippen molar-refractivity contribution in [3.8, 4) is 10.4 Å². The van der Waals surface area contributed by atoms with Crippen LogP contribution in [0.3, 0.4) is 0 Å². The van der Waals surface area contributed by atoms with Crippen molar-refractivity contribution in [1.82, 2.24) is 19.9 Å². The van der Waals surface area contributed by atoms with E-state index in [0.717, 1.165) is 45.6 Å². The van der Waals surface area contributed by atoms with E-state index in [0.29, 0.717) is 29.0 Å². The number of sulfone groups is 1. The van der Waals surface area contributed by atoms with Crippen LogP contribution in [0.25, 0.3) is 21.5 Å². The summed E-state index contributed by atoms with van der Waals surface area (Å²) in [4.78, 5) is 28.4. The van der Waals surface area contributed by atoms with Gasteiger partial charge in [-0.1, -0.05) is 11.3 Å². The van der Waals surface area contributed by atoms with Crippen LogP contribution >= 0.6 is 11.3 Å². The highest BCUT2D eigenvalue weighted by atomic mass is 32.2. The summed E-state index contributed by atoms with van der Waals surface area (Å²) in [5.41, 5.74) is 3.42. The van der Waals surface area contributed by atoms with Gasteiger partial charge in [0.2, 0.25) is 0 Å². The number of benzene rings is 1. The van der Waals surface area contributed by atoms with Gasteiger partial charge in [0.15, 0.2) is 15.0 Å². The summed E-state index contributed by atoms with van der Waals surface area (Å²) in [5.74, 6) is 0.993. The molecule has 4 heterocycles. The molecule has 4 aromatic rings. The fourth-order valence-electron chi connectivity index (χ4n) is 4.85. The summed E-state index contributed by atoms with van der Waals surface area (Å²) < 4.78 is 25.5. The molecule has 0 spiro atoms. The number of nitrogens with zero attached hydrogens (tertiary/aromatic N) is 3. The van der Waals surface area contributed by atoms with Gasteiger partial charge in [0, 0.05) is 30.4 Å². The molecule has 2 aliphatic rings. The molecule has 35 heavy (non-hydrogen) atoms. The van der Waals surface area contributed by atoms with E-state index in [1.54, 1.807) is 6.07 Å². The van der Waals surface area contributed by atoms with Gasteiger partial charge in [0.25, 0.3) is 5.91 Å². The normalized spacial score (nSPS) is 16.7. The second-order valence-electron chi connectivity index (χ2n) is 9.46. The van der Waals surface area contributed by atoms with Crippen LogP contribution in [0.4, 0.5) is 10.9 Å². The largest absolute Gasteiger partial charge is 0.346 e. The number of anilines is 2. The number of H-pyrrole nitrogens is 1. The summed E-state index contributed by atoms with van der Waals surface area (Å²) in [6.07, 6.45) is 5.25. The SMILES string of the molecule is Cc1nc(Nc2ccc3cc[nH]c3n2)sc1-c1cc2c(c(S(C)(=O)=O)c1)C(=O)N([C@@H](C)C1CC1)C2. The monoisotopic (exact) mass is 507 g/mol.